The Morgan fingerprint density at radius 2 is 1.13 bits per heavy atom. The second-order valence-electron chi connectivity index (χ2n) is 11.6. The first-order valence-electron chi connectivity index (χ1n) is 15.7. The summed E-state index contributed by atoms with van der Waals surface area (Å²) in [5.74, 6) is 0.702. The van der Waals surface area contributed by atoms with E-state index in [9.17, 15) is 0 Å². The van der Waals surface area contributed by atoms with Crippen LogP contribution in [0.25, 0.3) is 87.2 Å². The quantitative estimate of drug-likeness (QED) is 0.193. The number of rotatable bonds is 5. The highest BCUT2D eigenvalue weighted by Gasteiger charge is 2.17. The molecule has 0 radical (unpaired) electrons. The molecule has 0 saturated heterocycles. The van der Waals surface area contributed by atoms with Gasteiger partial charge in [-0.05, 0) is 69.4 Å². The average molecular weight is 618 g/mol. The summed E-state index contributed by atoms with van der Waals surface area (Å²) in [6.07, 6.45) is 1.88. The van der Waals surface area contributed by atoms with Crippen molar-refractivity contribution in [2.24, 2.45) is 0 Å². The third-order valence-corrected chi connectivity index (χ3v) is 9.89. The second-order valence-corrected chi connectivity index (χ2v) is 12.7. The lowest BCUT2D eigenvalue weighted by atomic mass is 9.90. The predicted octanol–water partition coefficient (Wildman–Crippen LogP) is 11.7. The van der Waals surface area contributed by atoms with Gasteiger partial charge >= 0.3 is 0 Å². The van der Waals surface area contributed by atoms with Crippen LogP contribution in [0, 0.1) is 0 Å². The molecule has 6 aromatic carbocycles. The molecule has 0 amide bonds. The minimum absolute atomic E-state index is 0.702. The molecule has 3 nitrogen and oxygen atoms in total. The van der Waals surface area contributed by atoms with Gasteiger partial charge in [-0.15, -0.1) is 11.3 Å². The van der Waals surface area contributed by atoms with Crippen molar-refractivity contribution in [1.29, 1.82) is 0 Å². The zero-order valence-corrected chi connectivity index (χ0v) is 26.2. The van der Waals surface area contributed by atoms with Gasteiger partial charge in [0.05, 0.1) is 21.6 Å². The maximum absolute atomic E-state index is 5.26. The Kier molecular flexibility index (Phi) is 6.65. The lowest BCUT2D eigenvalue weighted by Gasteiger charge is -2.16. The van der Waals surface area contributed by atoms with Crippen molar-refractivity contribution in [1.82, 2.24) is 15.0 Å². The van der Waals surface area contributed by atoms with Gasteiger partial charge in [0.1, 0.15) is 0 Å². The third-order valence-electron chi connectivity index (χ3n) is 8.76. The van der Waals surface area contributed by atoms with Gasteiger partial charge in [0.25, 0.3) is 0 Å². The molecule has 47 heavy (non-hydrogen) atoms. The first-order chi connectivity index (χ1) is 23.3. The van der Waals surface area contributed by atoms with Gasteiger partial charge < -0.3 is 0 Å². The Bertz CT molecular complexity index is 2510. The molecule has 9 aromatic rings. The molecule has 0 aliphatic heterocycles. The lowest BCUT2D eigenvalue weighted by molar-refractivity contribution is 1.18. The van der Waals surface area contributed by atoms with Gasteiger partial charge in [-0.2, -0.15) is 0 Å². The summed E-state index contributed by atoms with van der Waals surface area (Å²) in [6, 6.07) is 55.5. The van der Waals surface area contributed by atoms with Crippen molar-refractivity contribution in [3.8, 4) is 56.2 Å². The van der Waals surface area contributed by atoms with Gasteiger partial charge in [0.15, 0.2) is 5.82 Å². The van der Waals surface area contributed by atoms with Gasteiger partial charge in [0, 0.05) is 33.0 Å². The molecule has 0 aliphatic carbocycles. The van der Waals surface area contributed by atoms with Crippen molar-refractivity contribution in [2.45, 2.75) is 0 Å². The number of hydrogen-bond donors (Lipinski definition) is 0. The van der Waals surface area contributed by atoms with Crippen LogP contribution in [0.5, 0.6) is 0 Å². The highest BCUT2D eigenvalue weighted by molar-refractivity contribution is 7.25. The largest absolute Gasteiger partial charge is 0.255 e. The molecule has 3 heterocycles. The third kappa shape index (κ3) is 4.96. The van der Waals surface area contributed by atoms with Gasteiger partial charge in [-0.1, -0.05) is 121 Å². The Labute approximate surface area is 276 Å². The van der Waals surface area contributed by atoms with Crippen molar-refractivity contribution in [3.63, 3.8) is 0 Å². The fraction of sp³-hybridized carbons (Fsp3) is 0. The zero-order valence-electron chi connectivity index (χ0n) is 25.3. The van der Waals surface area contributed by atoms with E-state index in [1.54, 1.807) is 11.3 Å². The maximum atomic E-state index is 5.26. The molecule has 3 aromatic heterocycles. The van der Waals surface area contributed by atoms with Crippen LogP contribution in [0.2, 0.25) is 0 Å². The highest BCUT2D eigenvalue weighted by atomic mass is 32.1. The zero-order chi connectivity index (χ0) is 31.2. The van der Waals surface area contributed by atoms with E-state index < -0.39 is 0 Å². The highest BCUT2D eigenvalue weighted by Crippen LogP contribution is 2.41. The van der Waals surface area contributed by atoms with E-state index in [2.05, 4.69) is 127 Å². The molecule has 0 spiro atoms. The summed E-state index contributed by atoms with van der Waals surface area (Å²) >= 11 is 1.79. The molecule has 0 saturated carbocycles. The molecule has 0 N–H and O–H groups in total. The number of pyridine rings is 1. The van der Waals surface area contributed by atoms with Gasteiger partial charge in [-0.25, -0.2) is 9.97 Å². The molecule has 0 bridgehead atoms. The standard InChI is InChI=1S/C43H27N3S/c1-3-12-29(13-4-1)38-27-39(46-43(45-38)30-14-5-2-6-15-30)36-25-31(20-22-35(36)34-18-9-16-28-11-7-8-17-33(28)34)32-21-23-40-37(26-32)42-41(47-40)19-10-24-44-42/h1-27H. The predicted molar refractivity (Wildman–Crippen MR) is 197 cm³/mol. The molecule has 0 fully saturated rings. The fourth-order valence-corrected chi connectivity index (χ4v) is 7.51. The number of nitrogens with zero attached hydrogens (tertiary/aromatic N) is 3. The van der Waals surface area contributed by atoms with Gasteiger partial charge in [-0.3, -0.25) is 4.98 Å². The van der Waals surface area contributed by atoms with Crippen LogP contribution in [0.15, 0.2) is 164 Å². The SMILES string of the molecule is c1ccc(-c2cc(-c3cc(-c4ccc5sc6cccnc6c5c4)ccc3-c3cccc4ccccc34)nc(-c3ccccc3)n2)cc1. The number of aromatic nitrogens is 3. The topological polar surface area (TPSA) is 38.7 Å². The average Bonchev–Trinajstić information content (AvgIpc) is 3.53. The van der Waals surface area contributed by atoms with E-state index >= 15 is 0 Å². The Morgan fingerprint density at radius 3 is 2.00 bits per heavy atom. The van der Waals surface area contributed by atoms with Crippen molar-refractivity contribution in [3.05, 3.63) is 164 Å². The summed E-state index contributed by atoms with van der Waals surface area (Å²) in [6.45, 7) is 0. The van der Waals surface area contributed by atoms with Crippen LogP contribution < -0.4 is 0 Å². The van der Waals surface area contributed by atoms with E-state index in [0.29, 0.717) is 5.82 Å². The van der Waals surface area contributed by atoms with Gasteiger partial charge in [0.2, 0.25) is 0 Å². The van der Waals surface area contributed by atoms with E-state index in [4.69, 9.17) is 15.0 Å². The Hall–Kier alpha value is -5.97. The summed E-state index contributed by atoms with van der Waals surface area (Å²) in [5.41, 5.74) is 10.5. The number of benzene rings is 6. The number of fused-ring (bicyclic) bond motifs is 4. The van der Waals surface area contributed by atoms with E-state index in [1.165, 1.54) is 31.1 Å². The maximum Gasteiger partial charge on any atom is 0.160 e. The van der Waals surface area contributed by atoms with Crippen LogP contribution in [0.4, 0.5) is 0 Å². The summed E-state index contributed by atoms with van der Waals surface area (Å²) in [7, 11) is 0. The molecule has 0 atom stereocenters. The van der Waals surface area contributed by atoms with Crippen molar-refractivity contribution in [2.75, 3.05) is 0 Å². The first-order valence-corrected chi connectivity index (χ1v) is 16.5. The van der Waals surface area contributed by atoms with E-state index in [-0.39, 0.29) is 0 Å². The molecule has 9 rings (SSSR count). The normalized spacial score (nSPS) is 11.4. The van der Waals surface area contributed by atoms with E-state index in [0.717, 1.165) is 50.3 Å². The van der Waals surface area contributed by atoms with E-state index in [1.807, 2.05) is 36.5 Å². The lowest BCUT2D eigenvalue weighted by Crippen LogP contribution is -1.97. The van der Waals surface area contributed by atoms with Crippen LogP contribution in [-0.4, -0.2) is 15.0 Å². The molecule has 0 unspecified atom stereocenters. The number of hydrogen-bond acceptors (Lipinski definition) is 4. The van der Waals surface area contributed by atoms with Crippen molar-refractivity contribution < 1.29 is 0 Å². The second kappa shape index (κ2) is 11.4. The Morgan fingerprint density at radius 1 is 0.404 bits per heavy atom. The molecular formula is C43H27N3S. The van der Waals surface area contributed by atoms with Crippen molar-refractivity contribution >= 4 is 42.4 Å². The van der Waals surface area contributed by atoms with Crippen LogP contribution in [-0.2, 0) is 0 Å². The first kappa shape index (κ1) is 27.3. The minimum atomic E-state index is 0.702. The van der Waals surface area contributed by atoms with Crippen LogP contribution in [0.3, 0.4) is 0 Å². The molecular weight excluding hydrogens is 591 g/mol. The van der Waals surface area contributed by atoms with Crippen LogP contribution >= 0.6 is 11.3 Å². The minimum Gasteiger partial charge on any atom is -0.255 e. The van der Waals surface area contributed by atoms with Crippen LogP contribution in [0.1, 0.15) is 0 Å². The fourth-order valence-electron chi connectivity index (χ4n) is 6.47. The Balaban J connectivity index is 1.31. The summed E-state index contributed by atoms with van der Waals surface area (Å²) in [4.78, 5) is 15.1. The monoisotopic (exact) mass is 617 g/mol. The molecule has 4 heteroatoms. The summed E-state index contributed by atoms with van der Waals surface area (Å²) < 4.78 is 2.44. The number of thiophene rings is 1. The molecule has 220 valence electrons. The summed E-state index contributed by atoms with van der Waals surface area (Å²) in [5, 5.41) is 3.60. The smallest absolute Gasteiger partial charge is 0.160 e. The molecule has 0 aliphatic rings.